The molecule has 1 rings (SSSR count). The average Bonchev–Trinajstić information content (AvgIpc) is 2.30. The van der Waals surface area contributed by atoms with Crippen molar-refractivity contribution in [3.05, 3.63) is 58.0 Å². The first-order valence-electron chi connectivity index (χ1n) is 5.67. The Labute approximate surface area is 105 Å². The first kappa shape index (κ1) is 14.3. The number of halogens is 1. The predicted octanol–water partition coefficient (Wildman–Crippen LogP) is 3.16. The largest absolute Gasteiger partial charge is 0.369 e. The van der Waals surface area contributed by atoms with Crippen LogP contribution in [0.25, 0.3) is 0 Å². The van der Waals surface area contributed by atoms with Gasteiger partial charge in [0.1, 0.15) is 5.82 Å². The van der Waals surface area contributed by atoms with E-state index in [4.69, 9.17) is 4.74 Å². The van der Waals surface area contributed by atoms with Crippen molar-refractivity contribution in [1.29, 1.82) is 0 Å². The lowest BCUT2D eigenvalue weighted by Gasteiger charge is -2.17. The molecule has 98 valence electrons. The minimum Gasteiger partial charge on any atom is -0.369 e. The molecule has 0 amide bonds. The minimum absolute atomic E-state index is 0.0768. The fraction of sp³-hybridized carbons (Fsp3) is 0.385. The Hall–Kier alpha value is -1.75. The van der Waals surface area contributed by atoms with Crippen LogP contribution in [0.5, 0.6) is 0 Å². The zero-order valence-corrected chi connectivity index (χ0v) is 10.4. The molecule has 0 aliphatic heterocycles. The molecule has 0 saturated heterocycles. The second-order valence-corrected chi connectivity index (χ2v) is 4.24. The number of rotatable bonds is 6. The van der Waals surface area contributed by atoms with Crippen LogP contribution >= 0.6 is 0 Å². The topological polar surface area (TPSA) is 52.4 Å². The molecule has 0 spiro atoms. The van der Waals surface area contributed by atoms with E-state index >= 15 is 0 Å². The van der Waals surface area contributed by atoms with Gasteiger partial charge in [-0.05, 0) is 12.0 Å². The molecule has 0 fully saturated rings. The van der Waals surface area contributed by atoms with Gasteiger partial charge in [0.25, 0.3) is 0 Å². The van der Waals surface area contributed by atoms with Crippen LogP contribution in [0.2, 0.25) is 0 Å². The summed E-state index contributed by atoms with van der Waals surface area (Å²) in [6.45, 7) is 3.87. The van der Waals surface area contributed by atoms with Gasteiger partial charge in [0, 0.05) is 11.6 Å². The third kappa shape index (κ3) is 4.63. The molecule has 0 saturated carbocycles. The maximum Gasteiger partial charge on any atom is 0.233 e. The molecule has 0 bridgehead atoms. The molecule has 0 N–H and O–H groups in total. The molecular formula is C13H16FNO3. The zero-order chi connectivity index (χ0) is 13.5. The number of hydrogen-bond acceptors (Lipinski definition) is 3. The highest BCUT2D eigenvalue weighted by atomic mass is 19.1. The van der Waals surface area contributed by atoms with Crippen LogP contribution in [0.1, 0.15) is 19.4 Å². The number of benzene rings is 1. The van der Waals surface area contributed by atoms with E-state index in [0.717, 1.165) is 6.20 Å². The fourth-order valence-corrected chi connectivity index (χ4v) is 1.43. The van der Waals surface area contributed by atoms with Gasteiger partial charge in [-0.25, -0.2) is 4.39 Å². The molecule has 0 aliphatic rings. The molecule has 0 heterocycles. The molecule has 0 unspecified atom stereocenters. The first-order valence-corrected chi connectivity index (χ1v) is 5.67. The van der Waals surface area contributed by atoms with Gasteiger partial charge in [0.2, 0.25) is 6.20 Å². The van der Waals surface area contributed by atoms with Crippen molar-refractivity contribution in [1.82, 2.24) is 0 Å². The van der Waals surface area contributed by atoms with E-state index < -0.39 is 11.0 Å². The summed E-state index contributed by atoms with van der Waals surface area (Å²) in [5.74, 6) is -0.258. The zero-order valence-electron chi connectivity index (χ0n) is 10.4. The summed E-state index contributed by atoms with van der Waals surface area (Å²) in [6.07, 6.45) is 1.83. The quantitative estimate of drug-likeness (QED) is 0.578. The summed E-state index contributed by atoms with van der Waals surface area (Å²) in [6, 6.07) is 6.31. The van der Waals surface area contributed by atoms with Crippen LogP contribution in [-0.4, -0.2) is 11.0 Å². The Morgan fingerprint density at radius 3 is 2.67 bits per heavy atom. The number of hydrogen-bond donors (Lipinski definition) is 0. The van der Waals surface area contributed by atoms with Crippen LogP contribution in [0, 0.1) is 21.8 Å². The monoisotopic (exact) mass is 253 g/mol. The molecule has 0 radical (unpaired) electrons. The van der Waals surface area contributed by atoms with E-state index in [1.807, 2.05) is 13.8 Å². The van der Waals surface area contributed by atoms with E-state index in [1.165, 1.54) is 12.1 Å². The van der Waals surface area contributed by atoms with E-state index in [9.17, 15) is 14.5 Å². The summed E-state index contributed by atoms with van der Waals surface area (Å²) in [7, 11) is 0. The Balaban J connectivity index is 2.63. The van der Waals surface area contributed by atoms with Gasteiger partial charge in [0.15, 0.2) is 0 Å². The lowest BCUT2D eigenvalue weighted by Crippen LogP contribution is -2.17. The molecule has 18 heavy (non-hydrogen) atoms. The number of ether oxygens (including phenoxy) is 1. The maximum absolute atomic E-state index is 13.3. The number of nitrogens with zero attached hydrogens (tertiary/aromatic N) is 1. The summed E-state index contributed by atoms with van der Waals surface area (Å²) in [4.78, 5) is 9.72. The lowest BCUT2D eigenvalue weighted by molar-refractivity contribution is -0.403. The SMILES string of the molecule is CC(C)[C@@H](C=C[N+](=O)[O-])OCc1ccccc1F. The van der Waals surface area contributed by atoms with Crippen molar-refractivity contribution in [3.8, 4) is 0 Å². The van der Waals surface area contributed by atoms with Crippen LogP contribution in [0.15, 0.2) is 36.5 Å². The summed E-state index contributed by atoms with van der Waals surface area (Å²) < 4.78 is 18.8. The molecule has 1 aromatic rings. The van der Waals surface area contributed by atoms with Crippen LogP contribution in [-0.2, 0) is 11.3 Å². The van der Waals surface area contributed by atoms with Gasteiger partial charge in [-0.15, -0.1) is 0 Å². The Bertz CT molecular complexity index is 432. The predicted molar refractivity (Wildman–Crippen MR) is 65.9 cm³/mol. The molecule has 0 aromatic heterocycles. The second-order valence-electron chi connectivity index (χ2n) is 4.24. The van der Waals surface area contributed by atoms with Gasteiger partial charge in [0.05, 0.1) is 17.6 Å². The van der Waals surface area contributed by atoms with Crippen molar-refractivity contribution in [3.63, 3.8) is 0 Å². The third-order valence-corrected chi connectivity index (χ3v) is 2.44. The minimum atomic E-state index is -0.540. The Morgan fingerprint density at radius 2 is 2.11 bits per heavy atom. The van der Waals surface area contributed by atoms with Crippen molar-refractivity contribution < 1.29 is 14.1 Å². The Morgan fingerprint density at radius 1 is 1.44 bits per heavy atom. The fourth-order valence-electron chi connectivity index (χ4n) is 1.43. The van der Waals surface area contributed by atoms with Gasteiger partial charge >= 0.3 is 0 Å². The van der Waals surface area contributed by atoms with Crippen molar-refractivity contribution in [2.45, 2.75) is 26.6 Å². The average molecular weight is 253 g/mol. The highest BCUT2D eigenvalue weighted by Gasteiger charge is 2.13. The van der Waals surface area contributed by atoms with Crippen LogP contribution < -0.4 is 0 Å². The van der Waals surface area contributed by atoms with E-state index in [0.29, 0.717) is 5.56 Å². The number of nitro groups is 1. The van der Waals surface area contributed by atoms with Crippen molar-refractivity contribution >= 4 is 0 Å². The van der Waals surface area contributed by atoms with Gasteiger partial charge in [-0.3, -0.25) is 10.1 Å². The van der Waals surface area contributed by atoms with E-state index in [2.05, 4.69) is 0 Å². The van der Waals surface area contributed by atoms with Crippen LogP contribution in [0.3, 0.4) is 0 Å². The third-order valence-electron chi connectivity index (χ3n) is 2.44. The van der Waals surface area contributed by atoms with Gasteiger partial charge in [-0.2, -0.15) is 0 Å². The van der Waals surface area contributed by atoms with E-state index in [1.54, 1.807) is 18.2 Å². The van der Waals surface area contributed by atoms with Gasteiger partial charge in [-0.1, -0.05) is 32.0 Å². The lowest BCUT2D eigenvalue weighted by atomic mass is 10.1. The Kier molecular flexibility index (Phi) is 5.45. The smallest absolute Gasteiger partial charge is 0.233 e. The molecule has 4 nitrogen and oxygen atoms in total. The maximum atomic E-state index is 13.3. The summed E-state index contributed by atoms with van der Waals surface area (Å²) >= 11 is 0. The van der Waals surface area contributed by atoms with Gasteiger partial charge < -0.3 is 4.74 Å². The van der Waals surface area contributed by atoms with Crippen molar-refractivity contribution in [2.75, 3.05) is 0 Å². The molecular weight excluding hydrogens is 237 g/mol. The van der Waals surface area contributed by atoms with E-state index in [-0.39, 0.29) is 18.3 Å². The van der Waals surface area contributed by atoms with Crippen molar-refractivity contribution in [2.24, 2.45) is 5.92 Å². The summed E-state index contributed by atoms with van der Waals surface area (Å²) in [5.41, 5.74) is 0.442. The molecule has 0 aliphatic carbocycles. The standard InChI is InChI=1S/C13H16FNO3/c1-10(2)13(7-8-15(16)17)18-9-11-5-3-4-6-12(11)14/h3-8,10,13H,9H2,1-2H3/t13-/m1/s1. The van der Waals surface area contributed by atoms with Crippen LogP contribution in [0.4, 0.5) is 4.39 Å². The highest BCUT2D eigenvalue weighted by molar-refractivity contribution is 5.16. The molecule has 1 aromatic carbocycles. The summed E-state index contributed by atoms with van der Waals surface area (Å²) in [5, 5.41) is 10.3. The molecule has 5 heteroatoms. The first-order chi connectivity index (χ1) is 8.50. The molecule has 1 atom stereocenters. The normalized spacial score (nSPS) is 13.1. The highest BCUT2D eigenvalue weighted by Crippen LogP contribution is 2.14. The second kappa shape index (κ2) is 6.86.